The lowest BCUT2D eigenvalue weighted by Gasteiger charge is -1.88. The molecule has 0 nitrogen and oxygen atoms in total. The monoisotopic (exact) mass is 122 g/mol. The lowest BCUT2D eigenvalue weighted by molar-refractivity contribution is 0.908. The van der Waals surface area contributed by atoms with Crippen molar-refractivity contribution in [1.29, 1.82) is 0 Å². The molecule has 50 valence electrons. The maximum absolute atomic E-state index is 3.56. The normalized spacial score (nSPS) is 7.78. The largest absolute Gasteiger partial charge is 0.122 e. The SMILES string of the molecule is C=CC=C=C(C)CCC. The molecule has 0 aromatic carbocycles. The van der Waals surface area contributed by atoms with Crippen molar-refractivity contribution in [3.05, 3.63) is 30.0 Å². The lowest BCUT2D eigenvalue weighted by atomic mass is 10.2. The Kier molecular flexibility index (Phi) is 4.95. The summed E-state index contributed by atoms with van der Waals surface area (Å²) in [7, 11) is 0. The molecule has 0 aliphatic heterocycles. The summed E-state index contributed by atoms with van der Waals surface area (Å²) in [6.45, 7) is 7.81. The summed E-state index contributed by atoms with van der Waals surface area (Å²) in [5.41, 5.74) is 4.41. The summed E-state index contributed by atoms with van der Waals surface area (Å²) >= 11 is 0. The van der Waals surface area contributed by atoms with Gasteiger partial charge in [0, 0.05) is 0 Å². The van der Waals surface area contributed by atoms with E-state index in [1.54, 1.807) is 6.08 Å². The number of allylic oxidation sites excluding steroid dienone is 2. The van der Waals surface area contributed by atoms with E-state index in [0.29, 0.717) is 0 Å². The Morgan fingerprint density at radius 2 is 2.33 bits per heavy atom. The highest BCUT2D eigenvalue weighted by atomic mass is 13.9. The molecule has 0 saturated carbocycles. The van der Waals surface area contributed by atoms with Gasteiger partial charge in [-0.05, 0) is 25.0 Å². The van der Waals surface area contributed by atoms with Gasteiger partial charge in [0.15, 0.2) is 0 Å². The highest BCUT2D eigenvalue weighted by molar-refractivity contribution is 5.04. The molecule has 0 unspecified atom stereocenters. The van der Waals surface area contributed by atoms with Gasteiger partial charge in [0.1, 0.15) is 0 Å². The topological polar surface area (TPSA) is 0 Å². The van der Waals surface area contributed by atoms with Crippen LogP contribution >= 0.6 is 0 Å². The Hall–Kier alpha value is -0.740. The molecule has 0 saturated heterocycles. The zero-order valence-corrected chi connectivity index (χ0v) is 6.28. The maximum Gasteiger partial charge on any atom is -0.0206 e. The molecule has 0 amide bonds. The second-order valence-corrected chi connectivity index (χ2v) is 2.08. The van der Waals surface area contributed by atoms with Gasteiger partial charge in [-0.3, -0.25) is 0 Å². The zero-order valence-electron chi connectivity index (χ0n) is 6.28. The van der Waals surface area contributed by atoms with Crippen LogP contribution in [0.15, 0.2) is 30.0 Å². The molecule has 0 rings (SSSR count). The quantitative estimate of drug-likeness (QED) is 0.398. The molecular formula is C9H14. The molecule has 0 aliphatic carbocycles. The smallest absolute Gasteiger partial charge is 0.0206 e. The van der Waals surface area contributed by atoms with Gasteiger partial charge in [0.05, 0.1) is 0 Å². The third-order valence-corrected chi connectivity index (χ3v) is 1.07. The Morgan fingerprint density at radius 3 is 2.78 bits per heavy atom. The average Bonchev–Trinajstić information content (AvgIpc) is 1.85. The van der Waals surface area contributed by atoms with Crippen LogP contribution in [0.3, 0.4) is 0 Å². The molecule has 0 aromatic rings. The van der Waals surface area contributed by atoms with Gasteiger partial charge in [-0.25, -0.2) is 0 Å². The molecule has 0 bridgehead atoms. The second-order valence-electron chi connectivity index (χ2n) is 2.08. The zero-order chi connectivity index (χ0) is 7.11. The maximum atomic E-state index is 3.56. The van der Waals surface area contributed by atoms with Crippen molar-refractivity contribution in [2.24, 2.45) is 0 Å². The first kappa shape index (κ1) is 8.26. The minimum absolute atomic E-state index is 1.14. The summed E-state index contributed by atoms with van der Waals surface area (Å²) in [5, 5.41) is 0. The Balaban J connectivity index is 3.81. The number of hydrogen-bond acceptors (Lipinski definition) is 0. The third kappa shape index (κ3) is 5.13. The first-order chi connectivity index (χ1) is 4.31. The molecule has 0 N–H and O–H groups in total. The van der Waals surface area contributed by atoms with Crippen LogP contribution in [0.25, 0.3) is 0 Å². The summed E-state index contributed by atoms with van der Waals surface area (Å²) in [4.78, 5) is 0. The van der Waals surface area contributed by atoms with Gasteiger partial charge in [-0.1, -0.05) is 26.0 Å². The van der Waals surface area contributed by atoms with E-state index in [9.17, 15) is 0 Å². The second kappa shape index (κ2) is 5.40. The molecule has 0 aromatic heterocycles. The molecule has 0 spiro atoms. The Bertz CT molecular complexity index is 134. The molecule has 0 radical (unpaired) electrons. The first-order valence-corrected chi connectivity index (χ1v) is 3.34. The third-order valence-electron chi connectivity index (χ3n) is 1.07. The predicted octanol–water partition coefficient (Wildman–Crippen LogP) is 3.07. The van der Waals surface area contributed by atoms with Crippen LogP contribution in [-0.4, -0.2) is 0 Å². The highest BCUT2D eigenvalue weighted by Gasteiger charge is 1.80. The molecule has 0 aliphatic rings. The Morgan fingerprint density at radius 1 is 1.67 bits per heavy atom. The fourth-order valence-electron chi connectivity index (χ4n) is 0.648. The van der Waals surface area contributed by atoms with Crippen molar-refractivity contribution in [2.45, 2.75) is 26.7 Å². The van der Waals surface area contributed by atoms with E-state index >= 15 is 0 Å². The van der Waals surface area contributed by atoms with Gasteiger partial charge in [0.2, 0.25) is 0 Å². The van der Waals surface area contributed by atoms with Gasteiger partial charge in [0.25, 0.3) is 0 Å². The lowest BCUT2D eigenvalue weighted by Crippen LogP contribution is -1.69. The van der Waals surface area contributed by atoms with Gasteiger partial charge in [-0.15, -0.1) is 5.73 Å². The Labute approximate surface area is 57.6 Å². The van der Waals surface area contributed by atoms with E-state index in [1.165, 1.54) is 12.0 Å². The molecular weight excluding hydrogens is 108 g/mol. The molecule has 0 fully saturated rings. The van der Waals surface area contributed by atoms with Gasteiger partial charge in [-0.2, -0.15) is 0 Å². The summed E-state index contributed by atoms with van der Waals surface area (Å²) < 4.78 is 0. The van der Waals surface area contributed by atoms with Crippen molar-refractivity contribution in [3.63, 3.8) is 0 Å². The van der Waals surface area contributed by atoms with Crippen molar-refractivity contribution in [1.82, 2.24) is 0 Å². The summed E-state index contributed by atoms with van der Waals surface area (Å²) in [6.07, 6.45) is 5.94. The minimum Gasteiger partial charge on any atom is -0.122 e. The number of rotatable bonds is 3. The van der Waals surface area contributed by atoms with Crippen LogP contribution in [0.5, 0.6) is 0 Å². The van der Waals surface area contributed by atoms with E-state index in [0.717, 1.165) is 6.42 Å². The van der Waals surface area contributed by atoms with E-state index in [4.69, 9.17) is 0 Å². The molecule has 0 atom stereocenters. The average molecular weight is 122 g/mol. The van der Waals surface area contributed by atoms with E-state index in [-0.39, 0.29) is 0 Å². The standard InChI is InChI=1S/C9H14/c1-4-6-8-9(3)7-5-2/h4,6H,1,5,7H2,2-3H3. The van der Waals surface area contributed by atoms with Crippen LogP contribution < -0.4 is 0 Å². The predicted molar refractivity (Wildman–Crippen MR) is 42.4 cm³/mol. The number of hydrogen-bond donors (Lipinski definition) is 0. The van der Waals surface area contributed by atoms with Crippen molar-refractivity contribution >= 4 is 0 Å². The van der Waals surface area contributed by atoms with Crippen molar-refractivity contribution in [2.75, 3.05) is 0 Å². The fraction of sp³-hybridized carbons (Fsp3) is 0.444. The van der Waals surface area contributed by atoms with Crippen LogP contribution in [0.2, 0.25) is 0 Å². The van der Waals surface area contributed by atoms with E-state index in [2.05, 4.69) is 26.2 Å². The van der Waals surface area contributed by atoms with Crippen molar-refractivity contribution < 1.29 is 0 Å². The minimum atomic E-state index is 1.14. The highest BCUT2D eigenvalue weighted by Crippen LogP contribution is 1.99. The van der Waals surface area contributed by atoms with E-state index < -0.39 is 0 Å². The first-order valence-electron chi connectivity index (χ1n) is 3.34. The van der Waals surface area contributed by atoms with Crippen LogP contribution in [0.4, 0.5) is 0 Å². The van der Waals surface area contributed by atoms with Crippen molar-refractivity contribution in [3.8, 4) is 0 Å². The van der Waals surface area contributed by atoms with Crippen LogP contribution in [-0.2, 0) is 0 Å². The molecule has 0 heteroatoms. The molecule has 0 heterocycles. The van der Waals surface area contributed by atoms with Crippen LogP contribution in [0.1, 0.15) is 26.7 Å². The van der Waals surface area contributed by atoms with Gasteiger partial charge < -0.3 is 0 Å². The fourth-order valence-corrected chi connectivity index (χ4v) is 0.648. The molecule has 9 heavy (non-hydrogen) atoms. The van der Waals surface area contributed by atoms with Crippen LogP contribution in [0, 0.1) is 0 Å². The summed E-state index contributed by atoms with van der Waals surface area (Å²) in [5.74, 6) is 0. The van der Waals surface area contributed by atoms with Gasteiger partial charge >= 0.3 is 0 Å². The van der Waals surface area contributed by atoms with E-state index in [1.807, 2.05) is 6.08 Å². The summed E-state index contributed by atoms with van der Waals surface area (Å²) in [6, 6.07) is 0.